The zero-order valence-electron chi connectivity index (χ0n) is 14.7. The molecule has 1 N–H and O–H groups in total. The first-order valence-corrected chi connectivity index (χ1v) is 9.88. The normalized spacial score (nSPS) is 11.4. The summed E-state index contributed by atoms with van der Waals surface area (Å²) in [7, 11) is -4.33. The summed E-state index contributed by atoms with van der Waals surface area (Å²) in [5, 5.41) is 7.97. The van der Waals surface area contributed by atoms with Gasteiger partial charge < -0.3 is 4.42 Å². The summed E-state index contributed by atoms with van der Waals surface area (Å²) in [6.45, 7) is 0. The van der Waals surface area contributed by atoms with Gasteiger partial charge in [-0.3, -0.25) is 4.72 Å². The average molecular weight is 413 g/mol. The van der Waals surface area contributed by atoms with E-state index in [4.69, 9.17) is 4.42 Å². The Bertz CT molecular complexity index is 1280. The first kappa shape index (κ1) is 18.8. The van der Waals surface area contributed by atoms with E-state index in [1.807, 2.05) is 30.3 Å². The van der Waals surface area contributed by atoms with Crippen molar-refractivity contribution in [1.82, 2.24) is 10.2 Å². The molecule has 0 amide bonds. The summed E-state index contributed by atoms with van der Waals surface area (Å²) < 4.78 is 60.0. The van der Waals surface area contributed by atoms with E-state index >= 15 is 0 Å². The second-order valence-corrected chi connectivity index (χ2v) is 7.69. The van der Waals surface area contributed by atoms with Crippen LogP contribution in [-0.4, -0.2) is 18.6 Å². The van der Waals surface area contributed by atoms with E-state index in [2.05, 4.69) is 14.9 Å². The number of hydrogen-bond acceptors (Lipinski definition) is 5. The Balaban J connectivity index is 1.63. The number of hydrogen-bond donors (Lipinski definition) is 1. The molecule has 0 aliphatic carbocycles. The van der Waals surface area contributed by atoms with Gasteiger partial charge >= 0.3 is 0 Å². The maximum absolute atomic E-state index is 13.9. The first-order chi connectivity index (χ1) is 13.9. The van der Waals surface area contributed by atoms with Crippen LogP contribution in [-0.2, 0) is 10.0 Å². The number of nitrogens with zero attached hydrogens (tertiary/aromatic N) is 2. The van der Waals surface area contributed by atoms with Gasteiger partial charge in [0.2, 0.25) is 11.8 Å². The zero-order valence-corrected chi connectivity index (χ0v) is 15.5. The highest BCUT2D eigenvalue weighted by Gasteiger charge is 2.20. The molecular weight excluding hydrogens is 400 g/mol. The van der Waals surface area contributed by atoms with Crippen LogP contribution in [0.3, 0.4) is 0 Å². The largest absolute Gasteiger partial charge is 0.416 e. The fourth-order valence-corrected chi connectivity index (χ4v) is 3.79. The van der Waals surface area contributed by atoms with Crippen molar-refractivity contribution in [2.45, 2.75) is 4.90 Å². The van der Waals surface area contributed by atoms with Gasteiger partial charge in [0.1, 0.15) is 16.5 Å². The smallest absolute Gasteiger partial charge is 0.264 e. The lowest BCUT2D eigenvalue weighted by Crippen LogP contribution is -2.15. The lowest BCUT2D eigenvalue weighted by molar-refractivity contribution is 0.555. The van der Waals surface area contributed by atoms with Crippen LogP contribution in [0.2, 0.25) is 0 Å². The highest BCUT2D eigenvalue weighted by molar-refractivity contribution is 7.92. The molecule has 0 bridgehead atoms. The predicted octanol–water partition coefficient (Wildman–Crippen LogP) is 4.48. The van der Waals surface area contributed by atoms with Crippen LogP contribution in [0.5, 0.6) is 0 Å². The quantitative estimate of drug-likeness (QED) is 0.521. The summed E-state index contributed by atoms with van der Waals surface area (Å²) in [6, 6.07) is 17.5. The molecule has 4 aromatic rings. The van der Waals surface area contributed by atoms with Crippen molar-refractivity contribution in [1.29, 1.82) is 0 Å². The molecule has 9 heteroatoms. The third kappa shape index (κ3) is 3.99. The number of aromatic nitrogens is 2. The summed E-state index contributed by atoms with van der Waals surface area (Å²) in [4.78, 5) is -0.785. The minimum atomic E-state index is -4.33. The number of anilines is 1. The van der Waals surface area contributed by atoms with Crippen molar-refractivity contribution in [3.05, 3.63) is 84.4 Å². The Labute approximate surface area is 164 Å². The molecule has 6 nitrogen and oxygen atoms in total. The molecule has 0 unspecified atom stereocenters. The Morgan fingerprint density at radius 1 is 0.793 bits per heavy atom. The van der Waals surface area contributed by atoms with Crippen LogP contribution in [0.1, 0.15) is 0 Å². The Morgan fingerprint density at radius 3 is 2.24 bits per heavy atom. The molecule has 1 heterocycles. The van der Waals surface area contributed by atoms with E-state index < -0.39 is 26.6 Å². The van der Waals surface area contributed by atoms with Crippen LogP contribution in [0, 0.1) is 11.6 Å². The fraction of sp³-hybridized carbons (Fsp3) is 0. The topological polar surface area (TPSA) is 85.1 Å². The van der Waals surface area contributed by atoms with Gasteiger partial charge in [-0.05, 0) is 48.5 Å². The number of sulfonamides is 1. The second-order valence-electron chi connectivity index (χ2n) is 6.04. The van der Waals surface area contributed by atoms with Gasteiger partial charge in [0, 0.05) is 16.8 Å². The lowest BCUT2D eigenvalue weighted by atomic mass is 10.2. The van der Waals surface area contributed by atoms with Gasteiger partial charge in [0.25, 0.3) is 10.0 Å². The molecule has 0 aliphatic heterocycles. The molecule has 0 spiro atoms. The maximum atomic E-state index is 13.9. The molecule has 1 aromatic heterocycles. The zero-order chi connectivity index (χ0) is 20.4. The lowest BCUT2D eigenvalue weighted by Gasteiger charge is -2.09. The Hall–Kier alpha value is -3.59. The highest BCUT2D eigenvalue weighted by Crippen LogP contribution is 2.27. The van der Waals surface area contributed by atoms with Gasteiger partial charge in [-0.15, -0.1) is 10.2 Å². The van der Waals surface area contributed by atoms with E-state index in [0.717, 1.165) is 17.7 Å². The number of rotatable bonds is 5. The number of nitrogens with one attached hydrogen (secondary N) is 1. The van der Waals surface area contributed by atoms with Crippen molar-refractivity contribution >= 4 is 15.7 Å². The average Bonchev–Trinajstić information content (AvgIpc) is 3.21. The van der Waals surface area contributed by atoms with Crippen LogP contribution >= 0.6 is 0 Å². The summed E-state index contributed by atoms with van der Waals surface area (Å²) in [5.74, 6) is -1.42. The van der Waals surface area contributed by atoms with E-state index in [9.17, 15) is 17.2 Å². The summed E-state index contributed by atoms with van der Waals surface area (Å²) >= 11 is 0. The molecule has 0 saturated heterocycles. The molecule has 0 radical (unpaired) electrons. The minimum Gasteiger partial charge on any atom is -0.416 e. The predicted molar refractivity (Wildman–Crippen MR) is 102 cm³/mol. The second kappa shape index (κ2) is 7.44. The van der Waals surface area contributed by atoms with Crippen molar-refractivity contribution in [2.75, 3.05) is 4.72 Å². The van der Waals surface area contributed by atoms with Crippen molar-refractivity contribution in [2.24, 2.45) is 0 Å². The molecule has 29 heavy (non-hydrogen) atoms. The van der Waals surface area contributed by atoms with E-state index in [-0.39, 0.29) is 11.6 Å². The molecule has 146 valence electrons. The highest BCUT2D eigenvalue weighted by atomic mass is 32.2. The fourth-order valence-electron chi connectivity index (χ4n) is 2.65. The van der Waals surface area contributed by atoms with Gasteiger partial charge in [-0.25, -0.2) is 17.2 Å². The first-order valence-electron chi connectivity index (χ1n) is 8.40. The minimum absolute atomic E-state index is 0.130. The third-order valence-corrected chi connectivity index (χ3v) is 5.39. The SMILES string of the molecule is O=S(=O)(Nc1cccc(-c2nnc(-c3ccccc3)o2)c1)c1cc(F)ccc1F. The van der Waals surface area contributed by atoms with E-state index in [1.54, 1.807) is 12.1 Å². The number of halogens is 2. The molecule has 0 atom stereocenters. The van der Waals surface area contributed by atoms with Crippen LogP contribution in [0.25, 0.3) is 22.9 Å². The van der Waals surface area contributed by atoms with Crippen LogP contribution < -0.4 is 4.72 Å². The molecular formula is C20H13F2N3O3S. The van der Waals surface area contributed by atoms with Crippen LogP contribution in [0.4, 0.5) is 14.5 Å². The van der Waals surface area contributed by atoms with Crippen molar-refractivity contribution in [3.63, 3.8) is 0 Å². The Morgan fingerprint density at radius 2 is 1.48 bits per heavy atom. The van der Waals surface area contributed by atoms with Gasteiger partial charge in [-0.1, -0.05) is 24.3 Å². The molecule has 4 rings (SSSR count). The Kier molecular flexibility index (Phi) is 4.81. The monoisotopic (exact) mass is 413 g/mol. The maximum Gasteiger partial charge on any atom is 0.264 e. The summed E-state index contributed by atoms with van der Waals surface area (Å²) in [6.07, 6.45) is 0. The summed E-state index contributed by atoms with van der Waals surface area (Å²) in [5.41, 5.74) is 1.33. The van der Waals surface area contributed by atoms with Gasteiger partial charge in [0.05, 0.1) is 0 Å². The molecule has 0 fully saturated rings. The molecule has 0 saturated carbocycles. The molecule has 3 aromatic carbocycles. The molecule has 0 aliphatic rings. The van der Waals surface area contributed by atoms with E-state index in [0.29, 0.717) is 17.5 Å². The number of benzene rings is 3. The third-order valence-electron chi connectivity index (χ3n) is 3.99. The van der Waals surface area contributed by atoms with Crippen LogP contribution in [0.15, 0.2) is 82.1 Å². The van der Waals surface area contributed by atoms with Gasteiger partial charge in [0.15, 0.2) is 0 Å². The standard InChI is InChI=1S/C20H13F2N3O3S/c21-15-9-10-17(22)18(12-15)29(26,27)25-16-8-4-7-14(11-16)20-24-23-19(28-20)13-5-2-1-3-6-13/h1-12,25H. The van der Waals surface area contributed by atoms with Crippen molar-refractivity contribution < 1.29 is 21.6 Å². The van der Waals surface area contributed by atoms with Crippen molar-refractivity contribution in [3.8, 4) is 22.9 Å². The van der Waals surface area contributed by atoms with Gasteiger partial charge in [-0.2, -0.15) is 0 Å². The van der Waals surface area contributed by atoms with E-state index in [1.165, 1.54) is 12.1 Å².